The zero-order valence-electron chi connectivity index (χ0n) is 11.5. The maximum atomic E-state index is 13.4. The van der Waals surface area contributed by atoms with E-state index in [0.29, 0.717) is 11.8 Å². The normalized spacial score (nSPS) is 15.0. The molecule has 0 saturated heterocycles. The van der Waals surface area contributed by atoms with E-state index in [1.165, 1.54) is 6.07 Å². The lowest BCUT2D eigenvalue weighted by Crippen LogP contribution is -2.30. The molecule has 1 nitrogen and oxygen atoms in total. The summed E-state index contributed by atoms with van der Waals surface area (Å²) in [5.41, 5.74) is 2.25. The van der Waals surface area contributed by atoms with Gasteiger partial charge in [0, 0.05) is 6.04 Å². The summed E-state index contributed by atoms with van der Waals surface area (Å²) in [4.78, 5) is 0. The van der Waals surface area contributed by atoms with Crippen LogP contribution in [0.1, 0.15) is 44.9 Å². The van der Waals surface area contributed by atoms with Gasteiger partial charge in [0.15, 0.2) is 0 Å². The molecular formula is C15H24FN. The second-order valence-electron chi connectivity index (χ2n) is 5.14. The first-order valence-corrected chi connectivity index (χ1v) is 6.46. The summed E-state index contributed by atoms with van der Waals surface area (Å²) in [6, 6.07) is 5.29. The number of rotatable bonds is 5. The Kier molecular flexibility index (Phi) is 5.13. The number of hydrogen-bond acceptors (Lipinski definition) is 1. The number of hydrogen-bond donors (Lipinski definition) is 1. The van der Waals surface area contributed by atoms with Crippen molar-refractivity contribution in [1.82, 2.24) is 5.32 Å². The fourth-order valence-corrected chi connectivity index (χ4v) is 2.13. The average molecular weight is 237 g/mol. The van der Waals surface area contributed by atoms with Gasteiger partial charge in [-0.3, -0.25) is 0 Å². The Labute approximate surface area is 104 Å². The van der Waals surface area contributed by atoms with Gasteiger partial charge in [-0.1, -0.05) is 33.8 Å². The first-order chi connectivity index (χ1) is 7.97. The molecule has 0 aliphatic heterocycles. The molecule has 2 unspecified atom stereocenters. The molecule has 0 aromatic heterocycles. The van der Waals surface area contributed by atoms with E-state index in [4.69, 9.17) is 0 Å². The largest absolute Gasteiger partial charge is 0.310 e. The molecular weight excluding hydrogens is 213 g/mol. The van der Waals surface area contributed by atoms with E-state index < -0.39 is 0 Å². The van der Waals surface area contributed by atoms with Crippen LogP contribution in [0.4, 0.5) is 4.39 Å². The smallest absolute Gasteiger partial charge is 0.123 e. The topological polar surface area (TPSA) is 12.0 Å². The second kappa shape index (κ2) is 6.15. The van der Waals surface area contributed by atoms with Crippen molar-refractivity contribution in [2.75, 3.05) is 6.54 Å². The van der Waals surface area contributed by atoms with E-state index in [1.54, 1.807) is 6.07 Å². The van der Waals surface area contributed by atoms with Crippen LogP contribution in [0.25, 0.3) is 0 Å². The minimum Gasteiger partial charge on any atom is -0.310 e. The van der Waals surface area contributed by atoms with Crippen LogP contribution in [0.5, 0.6) is 0 Å². The Bertz CT molecular complexity index is 360. The van der Waals surface area contributed by atoms with Crippen molar-refractivity contribution in [3.63, 3.8) is 0 Å². The average Bonchev–Trinajstić information content (AvgIpc) is 2.28. The van der Waals surface area contributed by atoms with Crippen LogP contribution in [-0.4, -0.2) is 6.54 Å². The van der Waals surface area contributed by atoms with Crippen molar-refractivity contribution < 1.29 is 4.39 Å². The van der Waals surface area contributed by atoms with Crippen LogP contribution in [-0.2, 0) is 0 Å². The lowest BCUT2D eigenvalue weighted by atomic mass is 9.84. The molecule has 0 heterocycles. The van der Waals surface area contributed by atoms with Gasteiger partial charge < -0.3 is 5.32 Å². The molecule has 0 aliphatic rings. The Morgan fingerprint density at radius 3 is 2.41 bits per heavy atom. The molecule has 0 radical (unpaired) electrons. The van der Waals surface area contributed by atoms with Crippen LogP contribution < -0.4 is 5.32 Å². The van der Waals surface area contributed by atoms with Gasteiger partial charge in [0.2, 0.25) is 0 Å². The molecule has 2 heteroatoms. The van der Waals surface area contributed by atoms with E-state index in [2.05, 4.69) is 33.0 Å². The molecule has 0 amide bonds. The highest BCUT2D eigenvalue weighted by Crippen LogP contribution is 2.30. The fourth-order valence-electron chi connectivity index (χ4n) is 2.13. The van der Waals surface area contributed by atoms with Gasteiger partial charge in [-0.2, -0.15) is 0 Å². The Morgan fingerprint density at radius 2 is 1.88 bits per heavy atom. The van der Waals surface area contributed by atoms with Gasteiger partial charge in [0.25, 0.3) is 0 Å². The lowest BCUT2D eigenvalue weighted by Gasteiger charge is -2.29. The van der Waals surface area contributed by atoms with Gasteiger partial charge in [-0.15, -0.1) is 0 Å². The van der Waals surface area contributed by atoms with Crippen molar-refractivity contribution in [2.45, 2.75) is 40.7 Å². The van der Waals surface area contributed by atoms with E-state index in [0.717, 1.165) is 17.7 Å². The van der Waals surface area contributed by atoms with E-state index >= 15 is 0 Å². The summed E-state index contributed by atoms with van der Waals surface area (Å²) < 4.78 is 13.4. The minimum absolute atomic E-state index is 0.149. The Balaban J connectivity index is 3.08. The predicted molar refractivity (Wildman–Crippen MR) is 71.6 cm³/mol. The quantitative estimate of drug-likeness (QED) is 0.813. The third-order valence-corrected chi connectivity index (χ3v) is 3.58. The van der Waals surface area contributed by atoms with Crippen molar-refractivity contribution in [3.8, 4) is 0 Å². The van der Waals surface area contributed by atoms with Gasteiger partial charge in [-0.25, -0.2) is 4.39 Å². The fraction of sp³-hybridized carbons (Fsp3) is 0.600. The minimum atomic E-state index is -0.149. The molecule has 0 fully saturated rings. The molecule has 0 aliphatic carbocycles. The highest BCUT2D eigenvalue weighted by atomic mass is 19.1. The first-order valence-electron chi connectivity index (χ1n) is 6.46. The number of benzene rings is 1. The van der Waals surface area contributed by atoms with Crippen LogP contribution in [0.15, 0.2) is 18.2 Å². The monoisotopic (exact) mass is 237 g/mol. The van der Waals surface area contributed by atoms with Crippen LogP contribution in [0, 0.1) is 24.6 Å². The van der Waals surface area contributed by atoms with Crippen molar-refractivity contribution in [2.24, 2.45) is 11.8 Å². The first kappa shape index (κ1) is 14.2. The molecule has 0 spiro atoms. The van der Waals surface area contributed by atoms with E-state index in [1.807, 2.05) is 13.0 Å². The highest BCUT2D eigenvalue weighted by molar-refractivity contribution is 5.30. The highest BCUT2D eigenvalue weighted by Gasteiger charge is 2.22. The molecule has 1 aromatic rings. The zero-order chi connectivity index (χ0) is 13.0. The molecule has 0 saturated carbocycles. The zero-order valence-corrected chi connectivity index (χ0v) is 11.5. The Morgan fingerprint density at radius 1 is 1.24 bits per heavy atom. The lowest BCUT2D eigenvalue weighted by molar-refractivity contribution is 0.306. The molecule has 17 heavy (non-hydrogen) atoms. The van der Waals surface area contributed by atoms with Crippen molar-refractivity contribution >= 4 is 0 Å². The molecule has 1 rings (SSSR count). The second-order valence-corrected chi connectivity index (χ2v) is 5.14. The van der Waals surface area contributed by atoms with Gasteiger partial charge in [-0.05, 0) is 48.6 Å². The van der Waals surface area contributed by atoms with Crippen LogP contribution in [0.2, 0.25) is 0 Å². The SMILES string of the molecule is CCNC(c1cc(F)ccc1C)C(C)C(C)C. The summed E-state index contributed by atoms with van der Waals surface area (Å²) in [5.74, 6) is 0.904. The van der Waals surface area contributed by atoms with Crippen LogP contribution in [0.3, 0.4) is 0 Å². The third kappa shape index (κ3) is 3.53. The summed E-state index contributed by atoms with van der Waals surface area (Å²) >= 11 is 0. The van der Waals surface area contributed by atoms with Crippen molar-refractivity contribution in [3.05, 3.63) is 35.1 Å². The summed E-state index contributed by atoms with van der Waals surface area (Å²) in [7, 11) is 0. The summed E-state index contributed by atoms with van der Waals surface area (Å²) in [5, 5.41) is 3.48. The molecule has 96 valence electrons. The van der Waals surface area contributed by atoms with E-state index in [9.17, 15) is 4.39 Å². The molecule has 1 N–H and O–H groups in total. The van der Waals surface area contributed by atoms with E-state index in [-0.39, 0.29) is 11.9 Å². The van der Waals surface area contributed by atoms with Gasteiger partial charge >= 0.3 is 0 Å². The summed E-state index contributed by atoms with van der Waals surface area (Å²) in [6.45, 7) is 11.7. The van der Waals surface area contributed by atoms with Crippen LogP contribution >= 0.6 is 0 Å². The maximum absolute atomic E-state index is 13.4. The molecule has 1 aromatic carbocycles. The predicted octanol–water partition coefficient (Wildman–Crippen LogP) is 4.08. The molecule has 0 bridgehead atoms. The number of aryl methyl sites for hydroxylation is 1. The maximum Gasteiger partial charge on any atom is 0.123 e. The summed E-state index contributed by atoms with van der Waals surface area (Å²) in [6.07, 6.45) is 0. The number of nitrogens with one attached hydrogen (secondary N) is 1. The van der Waals surface area contributed by atoms with Crippen molar-refractivity contribution in [1.29, 1.82) is 0 Å². The Hall–Kier alpha value is -0.890. The van der Waals surface area contributed by atoms with Gasteiger partial charge in [0.1, 0.15) is 5.82 Å². The van der Waals surface area contributed by atoms with Gasteiger partial charge in [0.05, 0.1) is 0 Å². The third-order valence-electron chi connectivity index (χ3n) is 3.58. The number of halogens is 1. The molecule has 2 atom stereocenters. The standard InChI is InChI=1S/C15H24FN/c1-6-17-15(12(5)10(2)3)14-9-13(16)8-7-11(14)4/h7-10,12,15,17H,6H2,1-5H3.